The van der Waals surface area contributed by atoms with Crippen LogP contribution in [0.4, 0.5) is 0 Å². The largest absolute Gasteiger partial charge is 0.462 e. The van der Waals surface area contributed by atoms with Crippen LogP contribution in [0.25, 0.3) is 0 Å². The average Bonchev–Trinajstić information content (AvgIpc) is 3.49. The second-order valence-electron chi connectivity index (χ2n) is 23.4. The van der Waals surface area contributed by atoms with Gasteiger partial charge in [0.1, 0.15) is 13.2 Å². The van der Waals surface area contributed by atoms with Crippen molar-refractivity contribution in [1.29, 1.82) is 0 Å². The van der Waals surface area contributed by atoms with Gasteiger partial charge in [-0.1, -0.05) is 304 Å². The number of carbonyl (C=O) groups excluding carboxylic acids is 3. The minimum Gasteiger partial charge on any atom is -0.462 e. The van der Waals surface area contributed by atoms with E-state index in [1.807, 2.05) is 0 Å². The lowest BCUT2D eigenvalue weighted by molar-refractivity contribution is -0.167. The summed E-state index contributed by atoms with van der Waals surface area (Å²) < 4.78 is 17.0. The summed E-state index contributed by atoms with van der Waals surface area (Å²) in [6, 6.07) is 0. The summed E-state index contributed by atoms with van der Waals surface area (Å²) in [5, 5.41) is 0. The quantitative estimate of drug-likeness (QED) is 0.0261. The summed E-state index contributed by atoms with van der Waals surface area (Å²) in [4.78, 5) is 38.5. The van der Waals surface area contributed by atoms with E-state index >= 15 is 0 Å². The molecule has 6 heteroatoms. The van der Waals surface area contributed by atoms with Gasteiger partial charge in [-0.25, -0.2) is 0 Å². The fourth-order valence-electron chi connectivity index (χ4n) is 9.94. The number of unbranched alkanes of at least 4 members (excludes halogenated alkanes) is 35. The van der Waals surface area contributed by atoms with E-state index in [1.165, 1.54) is 186 Å². The Morgan fingerprint density at radius 2 is 0.470 bits per heavy atom. The molecule has 0 fully saturated rings. The van der Waals surface area contributed by atoms with Crippen LogP contribution in [-0.2, 0) is 28.6 Å². The summed E-state index contributed by atoms with van der Waals surface area (Å²) in [5.41, 5.74) is 0. The summed E-state index contributed by atoms with van der Waals surface area (Å²) in [6.45, 7) is 6.52. The summed E-state index contributed by atoms with van der Waals surface area (Å²) >= 11 is 0. The van der Waals surface area contributed by atoms with Crippen molar-refractivity contribution >= 4 is 17.9 Å². The predicted molar refractivity (Wildman–Crippen MR) is 362 cm³/mol. The molecule has 1 unspecified atom stereocenters. The van der Waals surface area contributed by atoms with Gasteiger partial charge in [-0.05, 0) is 128 Å². The van der Waals surface area contributed by atoms with E-state index in [0.717, 1.165) is 116 Å². The topological polar surface area (TPSA) is 78.9 Å². The highest BCUT2D eigenvalue weighted by molar-refractivity contribution is 5.71. The third-order valence-electron chi connectivity index (χ3n) is 15.2. The highest BCUT2D eigenvalue weighted by Gasteiger charge is 2.19. The second-order valence-corrected chi connectivity index (χ2v) is 23.4. The molecule has 1 atom stereocenters. The minimum atomic E-state index is -0.790. The molecule has 0 amide bonds. The summed E-state index contributed by atoms with van der Waals surface area (Å²) in [6.07, 6.45) is 96.8. The van der Waals surface area contributed by atoms with Gasteiger partial charge in [0.15, 0.2) is 6.10 Å². The van der Waals surface area contributed by atoms with Crippen LogP contribution in [0.5, 0.6) is 0 Å². The first kappa shape index (κ1) is 79.1. The Kier molecular flexibility index (Phi) is 67.2. The fourth-order valence-corrected chi connectivity index (χ4v) is 9.94. The molecule has 83 heavy (non-hydrogen) atoms. The monoisotopic (exact) mass is 1150 g/mol. The summed E-state index contributed by atoms with van der Waals surface area (Å²) in [5.74, 6) is -0.891. The van der Waals surface area contributed by atoms with Crippen molar-refractivity contribution in [3.05, 3.63) is 109 Å². The molecule has 0 saturated carbocycles. The van der Waals surface area contributed by atoms with Gasteiger partial charge >= 0.3 is 17.9 Å². The normalized spacial score (nSPS) is 12.8. The van der Waals surface area contributed by atoms with Crippen LogP contribution in [0.3, 0.4) is 0 Å². The number of carbonyl (C=O) groups is 3. The number of rotatable bonds is 64. The molecule has 0 radical (unpaired) electrons. The van der Waals surface area contributed by atoms with E-state index in [9.17, 15) is 14.4 Å². The lowest BCUT2D eigenvalue weighted by atomic mass is 10.0. The Morgan fingerprint density at radius 1 is 0.253 bits per heavy atom. The molecule has 0 aliphatic heterocycles. The number of ether oxygens (including phenoxy) is 3. The molecule has 0 rings (SSSR count). The van der Waals surface area contributed by atoms with E-state index in [-0.39, 0.29) is 31.1 Å². The van der Waals surface area contributed by atoms with Crippen LogP contribution >= 0.6 is 0 Å². The predicted octanol–water partition coefficient (Wildman–Crippen LogP) is 24.6. The van der Waals surface area contributed by atoms with Gasteiger partial charge in [0.25, 0.3) is 0 Å². The molecule has 0 aromatic carbocycles. The highest BCUT2D eigenvalue weighted by atomic mass is 16.6. The Hall–Kier alpha value is -3.93. The third-order valence-corrected chi connectivity index (χ3v) is 15.2. The van der Waals surface area contributed by atoms with Gasteiger partial charge in [0.2, 0.25) is 0 Å². The number of esters is 3. The first-order valence-corrected chi connectivity index (χ1v) is 35.4. The van der Waals surface area contributed by atoms with Crippen LogP contribution in [-0.4, -0.2) is 37.2 Å². The molecular weight excluding hydrogens is 1020 g/mol. The molecule has 476 valence electrons. The zero-order valence-electron chi connectivity index (χ0n) is 54.7. The zero-order valence-corrected chi connectivity index (χ0v) is 54.7. The molecule has 0 spiro atoms. The third kappa shape index (κ3) is 68.7. The van der Waals surface area contributed by atoms with Gasteiger partial charge < -0.3 is 14.2 Å². The van der Waals surface area contributed by atoms with Gasteiger partial charge in [0.05, 0.1) is 0 Å². The molecule has 0 heterocycles. The van der Waals surface area contributed by atoms with Gasteiger partial charge in [-0.15, -0.1) is 0 Å². The zero-order chi connectivity index (χ0) is 59.9. The molecule has 0 aliphatic rings. The molecule has 0 saturated heterocycles. The maximum Gasteiger partial charge on any atom is 0.306 e. The van der Waals surface area contributed by atoms with Crippen molar-refractivity contribution in [2.45, 2.75) is 348 Å². The van der Waals surface area contributed by atoms with Crippen LogP contribution in [0.15, 0.2) is 109 Å². The molecular formula is C77H132O6. The fraction of sp³-hybridized carbons (Fsp3) is 0.727. The molecule has 0 aromatic heterocycles. The molecule has 0 aromatic rings. The summed E-state index contributed by atoms with van der Waals surface area (Å²) in [7, 11) is 0. The van der Waals surface area contributed by atoms with Gasteiger partial charge in [-0.3, -0.25) is 14.4 Å². The van der Waals surface area contributed by atoms with Crippen LogP contribution < -0.4 is 0 Å². The van der Waals surface area contributed by atoms with Crippen molar-refractivity contribution in [2.24, 2.45) is 0 Å². The average molecular weight is 1150 g/mol. The van der Waals surface area contributed by atoms with Crippen LogP contribution in [0.1, 0.15) is 342 Å². The van der Waals surface area contributed by atoms with Crippen LogP contribution in [0, 0.1) is 0 Å². The van der Waals surface area contributed by atoms with E-state index in [0.29, 0.717) is 19.3 Å². The molecule has 6 nitrogen and oxygen atoms in total. The maximum absolute atomic E-state index is 13.0. The lowest BCUT2D eigenvalue weighted by Gasteiger charge is -2.18. The molecule has 0 aliphatic carbocycles. The van der Waals surface area contributed by atoms with Gasteiger partial charge in [-0.2, -0.15) is 0 Å². The van der Waals surface area contributed by atoms with Crippen molar-refractivity contribution < 1.29 is 28.6 Å². The highest BCUT2D eigenvalue weighted by Crippen LogP contribution is 2.17. The van der Waals surface area contributed by atoms with Crippen molar-refractivity contribution in [2.75, 3.05) is 13.2 Å². The number of allylic oxidation sites excluding steroid dienone is 18. The molecule has 0 bridgehead atoms. The maximum atomic E-state index is 13.0. The lowest BCUT2D eigenvalue weighted by Crippen LogP contribution is -2.30. The van der Waals surface area contributed by atoms with Crippen molar-refractivity contribution in [3.8, 4) is 0 Å². The Balaban J connectivity index is 4.33. The molecule has 0 N–H and O–H groups in total. The smallest absolute Gasteiger partial charge is 0.306 e. The first-order valence-electron chi connectivity index (χ1n) is 35.4. The Morgan fingerprint density at radius 3 is 0.771 bits per heavy atom. The SMILES string of the molecule is CC/C=C\C/C=C\C/C=C\C/C=C\C/C=C\C/C=C\CCCCCCCCCCCCC(=O)OCC(COC(=O)CCCCCCC/C=C\C/C=C\CCCCC)OC(=O)CCCCCCCCCCC/C=C\CCCCCCCCCC. The Labute approximate surface area is 514 Å². The first-order chi connectivity index (χ1) is 41.0. The van der Waals surface area contributed by atoms with Crippen molar-refractivity contribution in [3.63, 3.8) is 0 Å². The number of hydrogen-bond acceptors (Lipinski definition) is 6. The number of hydrogen-bond donors (Lipinski definition) is 0. The van der Waals surface area contributed by atoms with Gasteiger partial charge in [0, 0.05) is 19.3 Å². The standard InChI is InChI=1S/C77H132O6/c1-4-7-10-13-16-19-22-25-28-30-32-34-35-36-37-38-39-40-41-43-44-46-49-52-55-58-61-64-67-70-76(79)82-73-74(72-81-75(78)69-66-63-60-57-54-51-48-27-24-21-18-15-12-9-6-3)83-77(80)71-68-65-62-59-56-53-50-47-45-42-33-31-29-26-23-20-17-14-11-8-5-2/h7,10,16,18-19,21,25,27-28,31-34,36-37,39-40,48,74H,4-6,8-9,11-15,17,20,22-24,26,29-30,35,38,41-47,49-73H2,1-3H3/b10-7-,19-16-,21-18-,28-25-,33-31-,34-32-,37-36-,40-39-,48-27-. The minimum absolute atomic E-state index is 0.0848. The van der Waals surface area contributed by atoms with E-state index in [1.54, 1.807) is 0 Å². The van der Waals surface area contributed by atoms with Crippen molar-refractivity contribution in [1.82, 2.24) is 0 Å². The second kappa shape index (κ2) is 70.6. The van der Waals surface area contributed by atoms with E-state index < -0.39 is 6.10 Å². The Bertz CT molecular complexity index is 1660. The van der Waals surface area contributed by atoms with Crippen LogP contribution in [0.2, 0.25) is 0 Å². The van der Waals surface area contributed by atoms with E-state index in [2.05, 4.69) is 130 Å². The van der Waals surface area contributed by atoms with E-state index in [4.69, 9.17) is 14.2 Å².